The second kappa shape index (κ2) is 7.28. The predicted octanol–water partition coefficient (Wildman–Crippen LogP) is 7.22. The molecule has 2 aromatic heterocycles. The summed E-state index contributed by atoms with van der Waals surface area (Å²) in [6, 6.07) is 22.9. The summed E-state index contributed by atoms with van der Waals surface area (Å²) in [4.78, 5) is 5.06. The fourth-order valence-electron chi connectivity index (χ4n) is 4.45. The quantitative estimate of drug-likeness (QED) is 0.255. The molecule has 6 rings (SSSR count). The lowest BCUT2D eigenvalue weighted by Gasteiger charge is -2.32. The third kappa shape index (κ3) is 3.22. The Bertz CT molecular complexity index is 1530. The van der Waals surface area contributed by atoms with Gasteiger partial charge >= 0.3 is 7.12 Å². The molecule has 3 nitrogen and oxygen atoms in total. The molecule has 3 aromatic carbocycles. The molecule has 0 spiro atoms. The Morgan fingerprint density at radius 2 is 1.48 bits per heavy atom. The lowest BCUT2D eigenvalue weighted by atomic mass is 9.78. The summed E-state index contributed by atoms with van der Waals surface area (Å²) in [5, 5.41) is 4.21. The first-order valence-electron chi connectivity index (χ1n) is 11.1. The van der Waals surface area contributed by atoms with Gasteiger partial charge in [-0.25, -0.2) is 4.98 Å². The van der Waals surface area contributed by atoms with E-state index in [1.54, 1.807) is 11.3 Å². The third-order valence-electron chi connectivity index (χ3n) is 7.00. The van der Waals surface area contributed by atoms with Crippen molar-refractivity contribution in [2.24, 2.45) is 0 Å². The van der Waals surface area contributed by atoms with Crippen LogP contribution in [-0.2, 0) is 9.31 Å². The van der Waals surface area contributed by atoms with Crippen molar-refractivity contribution in [1.29, 1.82) is 0 Å². The van der Waals surface area contributed by atoms with Gasteiger partial charge < -0.3 is 9.31 Å². The van der Waals surface area contributed by atoms with Gasteiger partial charge in [0.15, 0.2) is 0 Å². The van der Waals surface area contributed by atoms with E-state index in [0.29, 0.717) is 5.02 Å². The van der Waals surface area contributed by atoms with Crippen LogP contribution in [0.15, 0.2) is 66.7 Å². The van der Waals surface area contributed by atoms with Crippen LogP contribution in [0, 0.1) is 0 Å². The van der Waals surface area contributed by atoms with E-state index in [4.69, 9.17) is 25.9 Å². The van der Waals surface area contributed by atoms with Crippen LogP contribution in [0.4, 0.5) is 0 Å². The lowest BCUT2D eigenvalue weighted by Crippen LogP contribution is -2.41. The minimum absolute atomic E-state index is 0.365. The Hall–Kier alpha value is -2.44. The van der Waals surface area contributed by atoms with Crippen molar-refractivity contribution in [2.45, 2.75) is 38.9 Å². The van der Waals surface area contributed by atoms with E-state index in [0.717, 1.165) is 27.6 Å². The van der Waals surface area contributed by atoms with Gasteiger partial charge in [0.1, 0.15) is 0 Å². The largest absolute Gasteiger partial charge is 0.494 e. The molecule has 1 fully saturated rings. The van der Waals surface area contributed by atoms with Crippen molar-refractivity contribution in [3.05, 3.63) is 71.8 Å². The number of fused-ring (bicyclic) bond motifs is 5. The van der Waals surface area contributed by atoms with Gasteiger partial charge in [-0.2, -0.15) is 0 Å². The topological polar surface area (TPSA) is 31.4 Å². The average Bonchev–Trinajstić information content (AvgIpc) is 3.28. The molecule has 0 aliphatic carbocycles. The maximum atomic E-state index is 6.61. The number of nitrogens with zero attached hydrogens (tertiary/aromatic N) is 1. The van der Waals surface area contributed by atoms with Crippen molar-refractivity contribution in [3.63, 3.8) is 0 Å². The van der Waals surface area contributed by atoms with Crippen LogP contribution in [-0.4, -0.2) is 23.3 Å². The van der Waals surface area contributed by atoms with Crippen molar-refractivity contribution < 1.29 is 9.31 Å². The van der Waals surface area contributed by atoms with Gasteiger partial charge in [0.05, 0.1) is 32.1 Å². The number of rotatable bonds is 2. The van der Waals surface area contributed by atoms with Gasteiger partial charge in [0, 0.05) is 26.4 Å². The van der Waals surface area contributed by atoms with Crippen molar-refractivity contribution >= 4 is 66.6 Å². The van der Waals surface area contributed by atoms with Crippen molar-refractivity contribution in [3.8, 4) is 11.3 Å². The third-order valence-corrected chi connectivity index (χ3v) is 8.48. The molecule has 3 heterocycles. The lowest BCUT2D eigenvalue weighted by molar-refractivity contribution is 0.00578. The van der Waals surface area contributed by atoms with E-state index in [9.17, 15) is 0 Å². The van der Waals surface area contributed by atoms with Crippen molar-refractivity contribution in [2.75, 3.05) is 0 Å². The molecule has 5 aromatic rings. The number of para-hydroxylation sites is 1. The summed E-state index contributed by atoms with van der Waals surface area (Å²) >= 11 is 8.39. The highest BCUT2D eigenvalue weighted by molar-refractivity contribution is 7.26. The summed E-state index contributed by atoms with van der Waals surface area (Å²) in [5.74, 6) is 0. The van der Waals surface area contributed by atoms with E-state index in [2.05, 4.69) is 82.3 Å². The van der Waals surface area contributed by atoms with E-state index in [1.165, 1.54) is 20.2 Å². The minimum Gasteiger partial charge on any atom is -0.399 e. The van der Waals surface area contributed by atoms with Crippen molar-refractivity contribution in [1.82, 2.24) is 4.98 Å². The summed E-state index contributed by atoms with van der Waals surface area (Å²) in [7, 11) is -0.382. The number of benzene rings is 3. The van der Waals surface area contributed by atoms with E-state index in [1.807, 2.05) is 12.1 Å². The van der Waals surface area contributed by atoms with Crippen LogP contribution in [0.25, 0.3) is 42.3 Å². The fraction of sp³-hybridized carbons (Fsp3) is 0.222. The highest BCUT2D eigenvalue weighted by atomic mass is 35.5. The number of thiophene rings is 1. The number of pyridine rings is 1. The molecule has 6 heteroatoms. The average molecular weight is 472 g/mol. The zero-order valence-corrected chi connectivity index (χ0v) is 20.6. The molecule has 1 aliphatic rings. The highest BCUT2D eigenvalue weighted by Crippen LogP contribution is 2.43. The highest BCUT2D eigenvalue weighted by Gasteiger charge is 2.51. The molecule has 1 saturated heterocycles. The Morgan fingerprint density at radius 1 is 0.818 bits per heavy atom. The Kier molecular flexibility index (Phi) is 4.66. The second-order valence-electron chi connectivity index (χ2n) is 9.61. The summed E-state index contributed by atoms with van der Waals surface area (Å²) in [5.41, 5.74) is 3.11. The molecule has 0 radical (unpaired) electrons. The van der Waals surface area contributed by atoms with Crippen LogP contribution in [0.1, 0.15) is 27.7 Å². The van der Waals surface area contributed by atoms with Crippen LogP contribution in [0.5, 0.6) is 0 Å². The van der Waals surface area contributed by atoms with E-state index in [-0.39, 0.29) is 18.3 Å². The van der Waals surface area contributed by atoms with Crippen LogP contribution >= 0.6 is 22.9 Å². The Balaban J connectivity index is 1.52. The van der Waals surface area contributed by atoms with E-state index < -0.39 is 0 Å². The molecule has 0 unspecified atom stereocenters. The summed E-state index contributed by atoms with van der Waals surface area (Å²) in [6.07, 6.45) is 0. The molecule has 33 heavy (non-hydrogen) atoms. The molecular weight excluding hydrogens is 449 g/mol. The maximum absolute atomic E-state index is 6.61. The number of aromatic nitrogens is 1. The standard InChI is InChI=1S/C27H23BClNO2S/c1-26(2)27(3,4)32-28(31-26)17-14-12-16(13-15-17)23-25-22(18-8-5-6-11-21(18)33-25)19-9-7-10-20(29)24(19)30-23/h5-15H,1-4H3. The smallest absolute Gasteiger partial charge is 0.399 e. The zero-order valence-electron chi connectivity index (χ0n) is 19.0. The summed E-state index contributed by atoms with van der Waals surface area (Å²) in [6.45, 7) is 8.29. The van der Waals surface area contributed by atoms with Gasteiger partial charge in [-0.05, 0) is 45.3 Å². The predicted molar refractivity (Wildman–Crippen MR) is 141 cm³/mol. The number of hydrogen-bond acceptors (Lipinski definition) is 4. The van der Waals surface area contributed by atoms with Gasteiger partial charge in [-0.3, -0.25) is 0 Å². The molecule has 0 N–H and O–H groups in total. The maximum Gasteiger partial charge on any atom is 0.494 e. The Labute approximate surface area is 202 Å². The van der Waals surface area contributed by atoms with Gasteiger partial charge in [-0.1, -0.05) is 66.2 Å². The SMILES string of the molecule is CC1(C)OB(c2ccc(-c3nc4c(Cl)cccc4c4c3sc3ccccc34)cc2)OC1(C)C. The molecule has 0 bridgehead atoms. The van der Waals surface area contributed by atoms with Gasteiger partial charge in [-0.15, -0.1) is 11.3 Å². The van der Waals surface area contributed by atoms with Gasteiger partial charge in [0.2, 0.25) is 0 Å². The fourth-order valence-corrected chi connectivity index (χ4v) is 5.89. The van der Waals surface area contributed by atoms with Crippen LogP contribution in [0.3, 0.4) is 0 Å². The first-order valence-corrected chi connectivity index (χ1v) is 12.3. The minimum atomic E-state index is -0.382. The molecular formula is C27H23BClNO2S. The second-order valence-corrected chi connectivity index (χ2v) is 11.1. The molecule has 0 amide bonds. The van der Waals surface area contributed by atoms with E-state index >= 15 is 0 Å². The monoisotopic (exact) mass is 471 g/mol. The molecule has 164 valence electrons. The first-order chi connectivity index (χ1) is 15.7. The molecule has 0 atom stereocenters. The summed E-state index contributed by atoms with van der Waals surface area (Å²) < 4.78 is 14.9. The Morgan fingerprint density at radius 3 is 2.21 bits per heavy atom. The number of halogens is 1. The zero-order chi connectivity index (χ0) is 23.0. The van der Waals surface area contributed by atoms with Crippen LogP contribution < -0.4 is 5.46 Å². The van der Waals surface area contributed by atoms with Crippen LogP contribution in [0.2, 0.25) is 5.02 Å². The molecule has 0 saturated carbocycles. The molecule has 1 aliphatic heterocycles. The number of hydrogen-bond donors (Lipinski definition) is 0. The first kappa shape index (κ1) is 21.1. The normalized spacial score (nSPS) is 17.4. The van der Waals surface area contributed by atoms with Gasteiger partial charge in [0.25, 0.3) is 0 Å².